The molecule has 0 aliphatic rings. The Morgan fingerprint density at radius 1 is 1.00 bits per heavy atom. The molecular weight excluding hydrogens is 249 g/mol. The highest BCUT2D eigenvalue weighted by Crippen LogP contribution is 2.17. The van der Waals surface area contributed by atoms with Crippen LogP contribution in [0.4, 0.5) is 4.39 Å². The van der Waals surface area contributed by atoms with Crippen molar-refractivity contribution in [3.05, 3.63) is 35.6 Å². The minimum absolute atomic E-state index is 0.144. The van der Waals surface area contributed by atoms with Gasteiger partial charge in [-0.05, 0) is 50.0 Å². The second kappa shape index (κ2) is 10.8. The van der Waals surface area contributed by atoms with Gasteiger partial charge >= 0.3 is 0 Å². The zero-order valence-corrected chi connectivity index (χ0v) is 13.1. The molecule has 0 saturated carbocycles. The van der Waals surface area contributed by atoms with Gasteiger partial charge in [-0.1, -0.05) is 57.6 Å². The van der Waals surface area contributed by atoms with Crippen LogP contribution in [-0.4, -0.2) is 13.6 Å². The molecule has 0 aliphatic heterocycles. The molecule has 0 aliphatic carbocycles. The van der Waals surface area contributed by atoms with Crippen LogP contribution in [-0.2, 0) is 6.42 Å². The zero-order valence-electron chi connectivity index (χ0n) is 13.1. The summed E-state index contributed by atoms with van der Waals surface area (Å²) in [4.78, 5) is 0. The largest absolute Gasteiger partial charge is 0.319 e. The molecule has 0 spiro atoms. The van der Waals surface area contributed by atoms with E-state index in [9.17, 15) is 4.39 Å². The summed E-state index contributed by atoms with van der Waals surface area (Å²) < 4.78 is 12.9. The lowest BCUT2D eigenvalue weighted by atomic mass is 9.93. The highest BCUT2D eigenvalue weighted by atomic mass is 19.1. The van der Waals surface area contributed by atoms with E-state index in [1.165, 1.54) is 50.5 Å². The topological polar surface area (TPSA) is 12.0 Å². The van der Waals surface area contributed by atoms with E-state index in [2.05, 4.69) is 12.2 Å². The van der Waals surface area contributed by atoms with Crippen molar-refractivity contribution in [2.45, 2.75) is 58.3 Å². The predicted octanol–water partition coefficient (Wildman–Crippen LogP) is 4.95. The fraction of sp³-hybridized carbons (Fsp3) is 0.667. The third kappa shape index (κ3) is 7.64. The number of rotatable bonds is 11. The molecule has 1 unspecified atom stereocenters. The Bertz CT molecular complexity index is 334. The molecule has 1 aromatic rings. The first-order valence-electron chi connectivity index (χ1n) is 8.15. The molecule has 1 rings (SSSR count). The molecule has 0 radical (unpaired) electrons. The number of benzene rings is 1. The molecule has 1 atom stereocenters. The van der Waals surface area contributed by atoms with E-state index in [0.29, 0.717) is 5.92 Å². The SMILES string of the molecule is CCCCCCCCC(CNC)Cc1ccc(F)cc1. The van der Waals surface area contributed by atoms with Crippen molar-refractivity contribution < 1.29 is 4.39 Å². The number of unbranched alkanes of at least 4 members (excludes halogenated alkanes) is 5. The van der Waals surface area contributed by atoms with Crippen LogP contribution in [0.5, 0.6) is 0 Å². The maximum atomic E-state index is 12.9. The monoisotopic (exact) mass is 279 g/mol. The average Bonchev–Trinajstić information content (AvgIpc) is 2.45. The lowest BCUT2D eigenvalue weighted by molar-refractivity contribution is 0.432. The molecule has 0 aromatic heterocycles. The maximum Gasteiger partial charge on any atom is 0.123 e. The van der Waals surface area contributed by atoms with Crippen molar-refractivity contribution in [2.75, 3.05) is 13.6 Å². The molecule has 1 N–H and O–H groups in total. The minimum atomic E-state index is -0.144. The van der Waals surface area contributed by atoms with Gasteiger partial charge in [0.2, 0.25) is 0 Å². The van der Waals surface area contributed by atoms with Crippen LogP contribution in [0.3, 0.4) is 0 Å². The molecular formula is C18H30FN. The van der Waals surface area contributed by atoms with Gasteiger partial charge in [-0.15, -0.1) is 0 Å². The summed E-state index contributed by atoms with van der Waals surface area (Å²) >= 11 is 0. The first kappa shape index (κ1) is 17.2. The molecule has 2 heteroatoms. The Morgan fingerprint density at radius 2 is 1.65 bits per heavy atom. The quantitative estimate of drug-likeness (QED) is 0.565. The molecule has 0 fully saturated rings. The maximum absolute atomic E-state index is 12.9. The third-order valence-electron chi connectivity index (χ3n) is 3.90. The Balaban J connectivity index is 2.27. The Kier molecular flexibility index (Phi) is 9.31. The van der Waals surface area contributed by atoms with Crippen LogP contribution in [0.15, 0.2) is 24.3 Å². The van der Waals surface area contributed by atoms with E-state index in [1.807, 2.05) is 19.2 Å². The summed E-state index contributed by atoms with van der Waals surface area (Å²) in [5.41, 5.74) is 1.25. The highest BCUT2D eigenvalue weighted by molar-refractivity contribution is 5.16. The van der Waals surface area contributed by atoms with E-state index in [-0.39, 0.29) is 5.82 Å². The van der Waals surface area contributed by atoms with E-state index in [4.69, 9.17) is 0 Å². The van der Waals surface area contributed by atoms with E-state index >= 15 is 0 Å². The summed E-state index contributed by atoms with van der Waals surface area (Å²) in [7, 11) is 2.01. The van der Waals surface area contributed by atoms with Crippen LogP contribution in [0, 0.1) is 11.7 Å². The minimum Gasteiger partial charge on any atom is -0.319 e. The van der Waals surface area contributed by atoms with Gasteiger partial charge in [0, 0.05) is 0 Å². The Hall–Kier alpha value is -0.890. The first-order valence-corrected chi connectivity index (χ1v) is 8.15. The van der Waals surface area contributed by atoms with Gasteiger partial charge in [0.1, 0.15) is 5.82 Å². The second-order valence-electron chi connectivity index (χ2n) is 5.81. The van der Waals surface area contributed by atoms with Crippen molar-refractivity contribution in [2.24, 2.45) is 5.92 Å². The second-order valence-corrected chi connectivity index (χ2v) is 5.81. The third-order valence-corrected chi connectivity index (χ3v) is 3.90. The van der Waals surface area contributed by atoms with Gasteiger partial charge < -0.3 is 5.32 Å². The van der Waals surface area contributed by atoms with Gasteiger partial charge in [0.15, 0.2) is 0 Å². The van der Waals surface area contributed by atoms with Crippen LogP contribution in [0.1, 0.15) is 57.4 Å². The summed E-state index contributed by atoms with van der Waals surface area (Å²) in [6, 6.07) is 6.96. The number of halogens is 1. The molecule has 20 heavy (non-hydrogen) atoms. The van der Waals surface area contributed by atoms with Crippen molar-refractivity contribution in [3.63, 3.8) is 0 Å². The molecule has 1 nitrogen and oxygen atoms in total. The molecule has 0 saturated heterocycles. The Labute approximate surface area is 124 Å². The van der Waals surface area contributed by atoms with Crippen LogP contribution < -0.4 is 5.32 Å². The number of hydrogen-bond donors (Lipinski definition) is 1. The highest BCUT2D eigenvalue weighted by Gasteiger charge is 2.09. The fourth-order valence-corrected chi connectivity index (χ4v) is 2.73. The summed E-state index contributed by atoms with van der Waals surface area (Å²) in [6.07, 6.45) is 10.4. The predicted molar refractivity (Wildman–Crippen MR) is 85.5 cm³/mol. The zero-order chi connectivity index (χ0) is 14.6. The Morgan fingerprint density at radius 3 is 2.30 bits per heavy atom. The normalized spacial score (nSPS) is 12.6. The lowest BCUT2D eigenvalue weighted by Crippen LogP contribution is -2.20. The fourth-order valence-electron chi connectivity index (χ4n) is 2.73. The molecule has 114 valence electrons. The van der Waals surface area contributed by atoms with Gasteiger partial charge in [-0.2, -0.15) is 0 Å². The van der Waals surface area contributed by atoms with Gasteiger partial charge in [-0.25, -0.2) is 4.39 Å². The summed E-state index contributed by atoms with van der Waals surface area (Å²) in [5.74, 6) is 0.520. The van der Waals surface area contributed by atoms with E-state index < -0.39 is 0 Å². The number of nitrogens with one attached hydrogen (secondary N) is 1. The van der Waals surface area contributed by atoms with Crippen LogP contribution >= 0.6 is 0 Å². The molecule has 0 amide bonds. The summed E-state index contributed by atoms with van der Waals surface area (Å²) in [5, 5.41) is 3.29. The molecule has 0 bridgehead atoms. The van der Waals surface area contributed by atoms with Gasteiger partial charge in [-0.3, -0.25) is 0 Å². The van der Waals surface area contributed by atoms with Crippen molar-refractivity contribution in [3.8, 4) is 0 Å². The average molecular weight is 279 g/mol. The van der Waals surface area contributed by atoms with Crippen LogP contribution in [0.25, 0.3) is 0 Å². The lowest BCUT2D eigenvalue weighted by Gasteiger charge is -2.16. The van der Waals surface area contributed by atoms with E-state index in [1.54, 1.807) is 12.1 Å². The van der Waals surface area contributed by atoms with Crippen LogP contribution in [0.2, 0.25) is 0 Å². The van der Waals surface area contributed by atoms with E-state index in [0.717, 1.165) is 13.0 Å². The molecule has 0 heterocycles. The van der Waals surface area contributed by atoms with Gasteiger partial charge in [0.25, 0.3) is 0 Å². The smallest absolute Gasteiger partial charge is 0.123 e. The van der Waals surface area contributed by atoms with Gasteiger partial charge in [0.05, 0.1) is 0 Å². The van der Waals surface area contributed by atoms with Crippen molar-refractivity contribution in [1.29, 1.82) is 0 Å². The van der Waals surface area contributed by atoms with Crippen molar-refractivity contribution >= 4 is 0 Å². The molecule has 1 aromatic carbocycles. The summed E-state index contributed by atoms with van der Waals surface area (Å²) in [6.45, 7) is 3.30. The standard InChI is InChI=1S/C18H30FN/c1-3-4-5-6-7-8-9-17(15-20-2)14-16-10-12-18(19)13-11-16/h10-13,17,20H,3-9,14-15H2,1-2H3. The van der Waals surface area contributed by atoms with Crippen molar-refractivity contribution in [1.82, 2.24) is 5.32 Å². The first-order chi connectivity index (χ1) is 9.76. The number of hydrogen-bond acceptors (Lipinski definition) is 1.